The molecule has 0 spiro atoms. The number of nitrogens with zero attached hydrogens (tertiary/aromatic N) is 1. The van der Waals surface area contributed by atoms with Gasteiger partial charge in [-0.15, -0.1) is 0 Å². The number of aryl methyl sites for hydroxylation is 1. The summed E-state index contributed by atoms with van der Waals surface area (Å²) in [6, 6.07) is 8.50. The van der Waals surface area contributed by atoms with Gasteiger partial charge >= 0.3 is 0 Å². The summed E-state index contributed by atoms with van der Waals surface area (Å²) in [4.78, 5) is 15.3. The van der Waals surface area contributed by atoms with E-state index in [-0.39, 0.29) is 11.7 Å². The predicted molar refractivity (Wildman–Crippen MR) is 70.8 cm³/mol. The summed E-state index contributed by atoms with van der Waals surface area (Å²) in [6.45, 7) is 0. The van der Waals surface area contributed by atoms with Crippen molar-refractivity contribution in [3.05, 3.63) is 64.7 Å². The van der Waals surface area contributed by atoms with Gasteiger partial charge in [-0.1, -0.05) is 6.07 Å². The maximum Gasteiger partial charge on any atom is 0.150 e. The molecular formula is C16H14FNO. The van der Waals surface area contributed by atoms with Gasteiger partial charge in [0.1, 0.15) is 12.1 Å². The number of hydrogen-bond donors (Lipinski definition) is 0. The monoisotopic (exact) mass is 255 g/mol. The number of halogens is 1. The lowest BCUT2D eigenvalue weighted by atomic mass is 9.81. The first-order valence-corrected chi connectivity index (χ1v) is 6.48. The van der Waals surface area contributed by atoms with Crippen molar-refractivity contribution in [2.45, 2.75) is 25.2 Å². The fourth-order valence-corrected chi connectivity index (χ4v) is 2.81. The van der Waals surface area contributed by atoms with Crippen LogP contribution in [-0.2, 0) is 6.42 Å². The lowest BCUT2D eigenvalue weighted by Gasteiger charge is -2.25. The Morgan fingerprint density at radius 2 is 2.21 bits per heavy atom. The maximum atomic E-state index is 14.0. The van der Waals surface area contributed by atoms with Crippen LogP contribution in [0.25, 0.3) is 0 Å². The Kier molecular flexibility index (Phi) is 3.11. The van der Waals surface area contributed by atoms with Crippen LogP contribution >= 0.6 is 0 Å². The van der Waals surface area contributed by atoms with Crippen LogP contribution in [0.2, 0.25) is 0 Å². The van der Waals surface area contributed by atoms with Gasteiger partial charge < -0.3 is 0 Å². The number of rotatable bonds is 2. The molecule has 1 unspecified atom stereocenters. The number of aromatic nitrogens is 1. The van der Waals surface area contributed by atoms with Crippen LogP contribution in [0.15, 0.2) is 36.5 Å². The second kappa shape index (κ2) is 4.92. The molecule has 1 heterocycles. The zero-order valence-corrected chi connectivity index (χ0v) is 10.5. The molecule has 3 rings (SSSR count). The predicted octanol–water partition coefficient (Wildman–Crippen LogP) is 3.50. The molecule has 1 aliphatic carbocycles. The Labute approximate surface area is 111 Å². The van der Waals surface area contributed by atoms with Gasteiger partial charge in [0, 0.05) is 17.7 Å². The van der Waals surface area contributed by atoms with E-state index in [2.05, 4.69) is 11.1 Å². The lowest BCUT2D eigenvalue weighted by molar-refractivity contribution is 0.112. The largest absolute Gasteiger partial charge is 0.298 e. The molecule has 2 nitrogen and oxygen atoms in total. The van der Waals surface area contributed by atoms with E-state index < -0.39 is 0 Å². The highest BCUT2D eigenvalue weighted by Crippen LogP contribution is 2.36. The Morgan fingerprint density at radius 3 is 3.05 bits per heavy atom. The molecule has 1 aromatic carbocycles. The van der Waals surface area contributed by atoms with Gasteiger partial charge in [-0.3, -0.25) is 9.78 Å². The highest BCUT2D eigenvalue weighted by Gasteiger charge is 2.25. The van der Waals surface area contributed by atoms with Crippen LogP contribution in [0.5, 0.6) is 0 Å². The molecule has 19 heavy (non-hydrogen) atoms. The first-order chi connectivity index (χ1) is 9.29. The van der Waals surface area contributed by atoms with Crippen molar-refractivity contribution < 1.29 is 9.18 Å². The molecule has 1 aromatic heterocycles. The van der Waals surface area contributed by atoms with E-state index in [1.165, 1.54) is 17.7 Å². The summed E-state index contributed by atoms with van der Waals surface area (Å²) in [5, 5.41) is 0. The topological polar surface area (TPSA) is 30.0 Å². The highest BCUT2D eigenvalue weighted by atomic mass is 19.1. The molecule has 0 saturated heterocycles. The summed E-state index contributed by atoms with van der Waals surface area (Å²) in [5.41, 5.74) is 3.24. The van der Waals surface area contributed by atoms with E-state index in [4.69, 9.17) is 0 Å². The van der Waals surface area contributed by atoms with Crippen LogP contribution in [0.1, 0.15) is 45.9 Å². The van der Waals surface area contributed by atoms with E-state index >= 15 is 0 Å². The van der Waals surface area contributed by atoms with Gasteiger partial charge in [0.2, 0.25) is 0 Å². The van der Waals surface area contributed by atoms with Crippen molar-refractivity contribution in [2.24, 2.45) is 0 Å². The summed E-state index contributed by atoms with van der Waals surface area (Å²) < 4.78 is 14.0. The molecule has 0 amide bonds. The Morgan fingerprint density at radius 1 is 1.32 bits per heavy atom. The molecule has 2 aromatic rings. The summed E-state index contributed by atoms with van der Waals surface area (Å²) >= 11 is 0. The quantitative estimate of drug-likeness (QED) is 0.769. The average Bonchev–Trinajstić information content (AvgIpc) is 2.47. The van der Waals surface area contributed by atoms with Crippen molar-refractivity contribution in [1.82, 2.24) is 4.98 Å². The number of pyridine rings is 1. The number of aldehydes is 1. The Balaban J connectivity index is 2.11. The van der Waals surface area contributed by atoms with Crippen LogP contribution < -0.4 is 0 Å². The fraction of sp³-hybridized carbons (Fsp3) is 0.250. The number of carbonyl (C=O) groups excluding carboxylic acids is 1. The van der Waals surface area contributed by atoms with Gasteiger partial charge in [-0.2, -0.15) is 0 Å². The third kappa shape index (κ3) is 2.16. The molecule has 0 radical (unpaired) electrons. The summed E-state index contributed by atoms with van der Waals surface area (Å²) in [7, 11) is 0. The zero-order valence-electron chi connectivity index (χ0n) is 10.5. The van der Waals surface area contributed by atoms with Gasteiger partial charge in [0.25, 0.3) is 0 Å². The minimum absolute atomic E-state index is 0.0372. The average molecular weight is 255 g/mol. The number of fused-ring (bicyclic) bond motifs is 1. The first-order valence-electron chi connectivity index (χ1n) is 6.48. The van der Waals surface area contributed by atoms with Crippen molar-refractivity contribution in [2.75, 3.05) is 0 Å². The molecule has 96 valence electrons. The lowest BCUT2D eigenvalue weighted by Crippen LogP contribution is -2.14. The first kappa shape index (κ1) is 12.0. The van der Waals surface area contributed by atoms with Crippen molar-refractivity contribution in [3.63, 3.8) is 0 Å². The Bertz CT molecular complexity index is 624. The maximum absolute atomic E-state index is 14.0. The van der Waals surface area contributed by atoms with E-state index in [1.807, 2.05) is 6.07 Å². The summed E-state index contributed by atoms with van der Waals surface area (Å²) in [6.07, 6.45) is 5.40. The highest BCUT2D eigenvalue weighted by molar-refractivity contribution is 5.75. The zero-order chi connectivity index (χ0) is 13.2. The molecule has 0 aliphatic heterocycles. The van der Waals surface area contributed by atoms with Gasteiger partial charge in [0.05, 0.1) is 5.69 Å². The summed E-state index contributed by atoms with van der Waals surface area (Å²) in [5.74, 6) is -0.293. The minimum atomic E-state index is -0.255. The van der Waals surface area contributed by atoms with E-state index in [9.17, 15) is 9.18 Å². The molecule has 3 heteroatoms. The van der Waals surface area contributed by atoms with Gasteiger partial charge in [0.15, 0.2) is 0 Å². The number of carbonyl (C=O) groups is 1. The number of hydrogen-bond acceptors (Lipinski definition) is 2. The van der Waals surface area contributed by atoms with E-state index in [0.29, 0.717) is 11.1 Å². The minimum Gasteiger partial charge on any atom is -0.298 e. The number of benzene rings is 1. The van der Waals surface area contributed by atoms with Gasteiger partial charge in [-0.25, -0.2) is 4.39 Å². The van der Waals surface area contributed by atoms with Crippen LogP contribution in [0, 0.1) is 5.82 Å². The third-order valence-electron chi connectivity index (χ3n) is 3.73. The molecular weight excluding hydrogens is 241 g/mol. The van der Waals surface area contributed by atoms with Crippen molar-refractivity contribution >= 4 is 6.29 Å². The fourth-order valence-electron chi connectivity index (χ4n) is 2.81. The molecule has 0 N–H and O–H groups in total. The normalized spacial score (nSPS) is 17.8. The Hall–Kier alpha value is -2.03. The van der Waals surface area contributed by atoms with E-state index in [1.54, 1.807) is 12.3 Å². The molecule has 0 bridgehead atoms. The van der Waals surface area contributed by atoms with Gasteiger partial charge in [-0.05, 0) is 54.7 Å². The molecule has 0 saturated carbocycles. The van der Waals surface area contributed by atoms with Crippen molar-refractivity contribution in [1.29, 1.82) is 0 Å². The molecule has 1 atom stereocenters. The van der Waals surface area contributed by atoms with Crippen LogP contribution in [0.3, 0.4) is 0 Å². The van der Waals surface area contributed by atoms with Crippen LogP contribution in [-0.4, -0.2) is 11.3 Å². The molecule has 0 fully saturated rings. The molecule has 1 aliphatic rings. The van der Waals surface area contributed by atoms with Crippen molar-refractivity contribution in [3.8, 4) is 0 Å². The third-order valence-corrected chi connectivity index (χ3v) is 3.73. The second-order valence-corrected chi connectivity index (χ2v) is 4.89. The SMILES string of the molecule is O=Cc1ccc(F)c(C2CCCc3cccnc32)c1. The second-order valence-electron chi connectivity index (χ2n) is 4.89. The van der Waals surface area contributed by atoms with E-state index in [0.717, 1.165) is 31.2 Å². The van der Waals surface area contributed by atoms with Crippen LogP contribution in [0.4, 0.5) is 4.39 Å². The smallest absolute Gasteiger partial charge is 0.150 e. The standard InChI is InChI=1S/C16H14FNO/c17-15-7-6-11(10-19)9-14(15)13-5-1-3-12-4-2-8-18-16(12)13/h2,4,6-10,13H,1,3,5H2.